The highest BCUT2D eigenvalue weighted by atomic mass is 79.9. The lowest BCUT2D eigenvalue weighted by molar-refractivity contribution is -0.136. The first kappa shape index (κ1) is 11.3. The van der Waals surface area contributed by atoms with E-state index in [0.29, 0.717) is 5.69 Å². The topological polar surface area (TPSA) is 55.1 Å². The number of carboxylic acids is 1. The average molecular weight is 301 g/mol. The van der Waals surface area contributed by atoms with Crippen molar-refractivity contribution in [1.82, 2.24) is 9.78 Å². The van der Waals surface area contributed by atoms with E-state index >= 15 is 0 Å². The van der Waals surface area contributed by atoms with E-state index in [1.807, 2.05) is 18.2 Å². The van der Waals surface area contributed by atoms with Crippen LogP contribution in [0.1, 0.15) is 5.69 Å². The summed E-state index contributed by atoms with van der Waals surface area (Å²) in [5.74, 6) is -0.845. The number of aryl methyl sites for hydroxylation is 1. The monoisotopic (exact) mass is 300 g/mol. The first-order chi connectivity index (χ1) is 7.56. The summed E-state index contributed by atoms with van der Waals surface area (Å²) >= 11 is 4.96. The Labute approximate surface area is 105 Å². The van der Waals surface area contributed by atoms with E-state index in [-0.39, 0.29) is 6.42 Å². The van der Waals surface area contributed by atoms with Gasteiger partial charge in [0.15, 0.2) is 0 Å². The van der Waals surface area contributed by atoms with Crippen molar-refractivity contribution >= 4 is 33.2 Å². The van der Waals surface area contributed by atoms with E-state index < -0.39 is 5.97 Å². The summed E-state index contributed by atoms with van der Waals surface area (Å²) < 4.78 is 2.64. The van der Waals surface area contributed by atoms with Crippen LogP contribution in [0, 0.1) is 0 Å². The van der Waals surface area contributed by atoms with E-state index in [1.165, 1.54) is 0 Å². The Hall–Kier alpha value is -1.14. The van der Waals surface area contributed by atoms with E-state index in [4.69, 9.17) is 5.11 Å². The van der Waals surface area contributed by atoms with Crippen LogP contribution in [0.15, 0.2) is 22.0 Å². The van der Waals surface area contributed by atoms with Crippen LogP contribution in [0.3, 0.4) is 0 Å². The highest BCUT2D eigenvalue weighted by Gasteiger charge is 2.11. The maximum absolute atomic E-state index is 10.6. The third-order valence-corrected chi connectivity index (χ3v) is 3.78. The number of aromatic nitrogens is 2. The van der Waals surface area contributed by atoms with Crippen molar-refractivity contribution in [1.29, 1.82) is 0 Å². The molecule has 0 aliphatic heterocycles. The molecule has 16 heavy (non-hydrogen) atoms. The molecule has 2 heterocycles. The molecule has 0 saturated heterocycles. The van der Waals surface area contributed by atoms with Gasteiger partial charge in [0.25, 0.3) is 0 Å². The Balaban J connectivity index is 2.33. The number of hydrogen-bond donors (Lipinski definition) is 1. The van der Waals surface area contributed by atoms with Crippen molar-refractivity contribution in [3.05, 3.63) is 27.7 Å². The predicted octanol–water partition coefficient (Wildman–Crippen LogP) is 2.54. The highest BCUT2D eigenvalue weighted by Crippen LogP contribution is 2.30. The van der Waals surface area contributed by atoms with Crippen LogP contribution in [0.5, 0.6) is 0 Å². The number of aliphatic carboxylic acids is 1. The Morgan fingerprint density at radius 2 is 2.38 bits per heavy atom. The van der Waals surface area contributed by atoms with Gasteiger partial charge < -0.3 is 5.11 Å². The number of hydrogen-bond acceptors (Lipinski definition) is 3. The van der Waals surface area contributed by atoms with Crippen LogP contribution < -0.4 is 0 Å². The molecule has 6 heteroatoms. The molecule has 0 aliphatic rings. The fourth-order valence-corrected chi connectivity index (χ4v) is 2.74. The van der Waals surface area contributed by atoms with Gasteiger partial charge in [-0.2, -0.15) is 5.10 Å². The van der Waals surface area contributed by atoms with E-state index in [2.05, 4.69) is 21.0 Å². The quantitative estimate of drug-likeness (QED) is 0.948. The Bertz CT molecular complexity index is 533. The zero-order chi connectivity index (χ0) is 11.7. The fraction of sp³-hybridized carbons (Fsp3) is 0.200. The molecule has 0 saturated carbocycles. The molecule has 0 atom stereocenters. The summed E-state index contributed by atoms with van der Waals surface area (Å²) in [5.41, 5.74) is 1.52. The SMILES string of the molecule is Cn1nc(-c2ccc(Br)s2)cc1CC(=O)O. The molecule has 0 fully saturated rings. The second-order valence-corrected chi connectivity index (χ2v) is 5.78. The summed E-state index contributed by atoms with van der Waals surface area (Å²) in [5, 5.41) is 13.0. The summed E-state index contributed by atoms with van der Waals surface area (Å²) in [4.78, 5) is 11.7. The second kappa shape index (κ2) is 4.39. The predicted molar refractivity (Wildman–Crippen MR) is 65.6 cm³/mol. The van der Waals surface area contributed by atoms with Crippen molar-refractivity contribution in [3.8, 4) is 10.6 Å². The molecular formula is C10H9BrN2O2S. The largest absolute Gasteiger partial charge is 0.481 e. The molecule has 0 aromatic carbocycles. The third kappa shape index (κ3) is 2.33. The van der Waals surface area contributed by atoms with Gasteiger partial charge in [-0.15, -0.1) is 11.3 Å². The molecular weight excluding hydrogens is 292 g/mol. The number of halogens is 1. The molecule has 1 N–H and O–H groups in total. The minimum atomic E-state index is -0.845. The van der Waals surface area contributed by atoms with Crippen LogP contribution in [0.4, 0.5) is 0 Å². The molecule has 0 unspecified atom stereocenters. The minimum Gasteiger partial charge on any atom is -0.481 e. The average Bonchev–Trinajstić information content (AvgIpc) is 2.74. The molecule has 0 aliphatic carbocycles. The molecule has 0 amide bonds. The molecule has 0 spiro atoms. The van der Waals surface area contributed by atoms with Crippen molar-refractivity contribution in [3.63, 3.8) is 0 Å². The minimum absolute atomic E-state index is 0.00392. The maximum atomic E-state index is 10.6. The highest BCUT2D eigenvalue weighted by molar-refractivity contribution is 9.11. The van der Waals surface area contributed by atoms with Crippen LogP contribution in [0.25, 0.3) is 10.6 Å². The Kier molecular flexibility index (Phi) is 3.11. The lowest BCUT2D eigenvalue weighted by Crippen LogP contribution is -2.05. The number of carbonyl (C=O) groups is 1. The summed E-state index contributed by atoms with van der Waals surface area (Å²) in [6, 6.07) is 5.72. The van der Waals surface area contributed by atoms with E-state index in [9.17, 15) is 4.79 Å². The second-order valence-electron chi connectivity index (χ2n) is 3.32. The van der Waals surface area contributed by atoms with Gasteiger partial charge >= 0.3 is 5.97 Å². The molecule has 2 aromatic rings. The fourth-order valence-electron chi connectivity index (χ4n) is 1.40. The zero-order valence-corrected chi connectivity index (χ0v) is 10.9. The van der Waals surface area contributed by atoms with Gasteiger partial charge in [0, 0.05) is 12.7 Å². The maximum Gasteiger partial charge on any atom is 0.309 e. The smallest absolute Gasteiger partial charge is 0.309 e. The summed E-state index contributed by atoms with van der Waals surface area (Å²) in [7, 11) is 1.75. The number of rotatable bonds is 3. The van der Waals surface area contributed by atoms with Crippen molar-refractivity contribution in [2.75, 3.05) is 0 Å². The third-order valence-electron chi connectivity index (χ3n) is 2.13. The van der Waals surface area contributed by atoms with Crippen LogP contribution in [-0.4, -0.2) is 20.9 Å². The molecule has 4 nitrogen and oxygen atoms in total. The molecule has 2 aromatic heterocycles. The number of nitrogens with zero attached hydrogens (tertiary/aromatic N) is 2. The number of carboxylic acid groups (broad SMARTS) is 1. The lowest BCUT2D eigenvalue weighted by Gasteiger charge is -1.94. The normalized spacial score (nSPS) is 10.6. The molecule has 0 radical (unpaired) electrons. The van der Waals surface area contributed by atoms with Gasteiger partial charge in [-0.05, 0) is 34.1 Å². The molecule has 2 rings (SSSR count). The standard InChI is InChI=1S/C10H9BrN2O2S/c1-13-6(5-10(14)15)4-7(12-13)8-2-3-9(11)16-8/h2-4H,5H2,1H3,(H,14,15). The van der Waals surface area contributed by atoms with Gasteiger partial charge in [-0.1, -0.05) is 0 Å². The van der Waals surface area contributed by atoms with Gasteiger partial charge in [0.1, 0.15) is 5.69 Å². The van der Waals surface area contributed by atoms with Crippen LogP contribution >= 0.6 is 27.3 Å². The Morgan fingerprint density at radius 3 is 2.94 bits per heavy atom. The van der Waals surface area contributed by atoms with Gasteiger partial charge in [0.05, 0.1) is 15.1 Å². The zero-order valence-electron chi connectivity index (χ0n) is 8.48. The lowest BCUT2D eigenvalue weighted by atomic mass is 10.2. The van der Waals surface area contributed by atoms with Gasteiger partial charge in [0.2, 0.25) is 0 Å². The van der Waals surface area contributed by atoms with Crippen molar-refractivity contribution < 1.29 is 9.90 Å². The summed E-state index contributed by atoms with van der Waals surface area (Å²) in [6.07, 6.45) is -0.00392. The Morgan fingerprint density at radius 1 is 1.62 bits per heavy atom. The molecule has 84 valence electrons. The molecule has 0 bridgehead atoms. The van der Waals surface area contributed by atoms with E-state index in [0.717, 1.165) is 14.4 Å². The summed E-state index contributed by atoms with van der Waals surface area (Å²) in [6.45, 7) is 0. The van der Waals surface area contributed by atoms with Crippen molar-refractivity contribution in [2.45, 2.75) is 6.42 Å². The van der Waals surface area contributed by atoms with Crippen LogP contribution in [-0.2, 0) is 18.3 Å². The number of thiophene rings is 1. The van der Waals surface area contributed by atoms with Crippen LogP contribution in [0.2, 0.25) is 0 Å². The van der Waals surface area contributed by atoms with Gasteiger partial charge in [-0.25, -0.2) is 0 Å². The van der Waals surface area contributed by atoms with E-state index in [1.54, 1.807) is 23.1 Å². The van der Waals surface area contributed by atoms with Gasteiger partial charge in [-0.3, -0.25) is 9.48 Å². The van der Waals surface area contributed by atoms with Crippen molar-refractivity contribution in [2.24, 2.45) is 7.05 Å². The first-order valence-electron chi connectivity index (χ1n) is 4.56. The first-order valence-corrected chi connectivity index (χ1v) is 6.17.